The van der Waals surface area contributed by atoms with Crippen molar-refractivity contribution in [2.24, 2.45) is 0 Å². The number of esters is 1. The Bertz CT molecular complexity index is 464. The summed E-state index contributed by atoms with van der Waals surface area (Å²) >= 11 is 5.75. The predicted octanol–water partition coefficient (Wildman–Crippen LogP) is 3.59. The van der Waals surface area contributed by atoms with E-state index in [1.807, 2.05) is 19.1 Å². The predicted molar refractivity (Wildman–Crippen MR) is 73.3 cm³/mol. The zero-order valence-corrected chi connectivity index (χ0v) is 11.0. The van der Waals surface area contributed by atoms with Crippen LogP contribution in [0.15, 0.2) is 36.4 Å². The third-order valence-electron chi connectivity index (χ3n) is 2.11. The van der Waals surface area contributed by atoms with E-state index in [-0.39, 0.29) is 5.97 Å². The smallest absolute Gasteiger partial charge is 0.331 e. The second-order valence-corrected chi connectivity index (χ2v) is 4.07. The van der Waals surface area contributed by atoms with Gasteiger partial charge in [0.2, 0.25) is 0 Å². The van der Waals surface area contributed by atoms with E-state index in [0.717, 1.165) is 18.4 Å². The number of unbranched alkanes of at least 4 members (excludes halogenated alkanes) is 1. The molecule has 2 nitrogen and oxygen atoms in total. The van der Waals surface area contributed by atoms with Crippen LogP contribution in [0.3, 0.4) is 0 Å². The van der Waals surface area contributed by atoms with E-state index < -0.39 is 0 Å². The lowest BCUT2D eigenvalue weighted by atomic mass is 10.2. The van der Waals surface area contributed by atoms with E-state index in [1.165, 1.54) is 12.2 Å². The normalized spacial score (nSPS) is 9.89. The molecular formula is C15H15ClO2. The van der Waals surface area contributed by atoms with Crippen LogP contribution in [0, 0.1) is 11.8 Å². The number of benzene rings is 1. The Labute approximate surface area is 113 Å². The van der Waals surface area contributed by atoms with Crippen LogP contribution < -0.4 is 0 Å². The number of halogens is 1. The maximum absolute atomic E-state index is 11.2. The first-order valence-corrected chi connectivity index (χ1v) is 6.20. The van der Waals surface area contributed by atoms with Crippen molar-refractivity contribution < 1.29 is 9.53 Å². The molecule has 0 saturated heterocycles. The summed E-state index contributed by atoms with van der Waals surface area (Å²) in [7, 11) is 0. The van der Waals surface area contributed by atoms with Gasteiger partial charge in [0, 0.05) is 16.7 Å². The van der Waals surface area contributed by atoms with Crippen molar-refractivity contribution in [3.8, 4) is 11.8 Å². The van der Waals surface area contributed by atoms with E-state index in [9.17, 15) is 4.79 Å². The summed E-state index contributed by atoms with van der Waals surface area (Å²) < 4.78 is 4.94. The van der Waals surface area contributed by atoms with E-state index >= 15 is 0 Å². The van der Waals surface area contributed by atoms with Crippen LogP contribution in [0.4, 0.5) is 0 Å². The summed E-state index contributed by atoms with van der Waals surface area (Å²) in [6.07, 6.45) is 4.71. The Hall–Kier alpha value is -1.72. The molecule has 1 rings (SSSR count). The first-order chi connectivity index (χ1) is 8.72. The van der Waals surface area contributed by atoms with Gasteiger partial charge < -0.3 is 4.74 Å². The third kappa shape index (κ3) is 6.12. The minimum absolute atomic E-state index is 0.353. The molecular weight excluding hydrogens is 248 g/mol. The van der Waals surface area contributed by atoms with E-state index in [2.05, 4.69) is 11.8 Å². The van der Waals surface area contributed by atoms with Gasteiger partial charge in [-0.3, -0.25) is 0 Å². The van der Waals surface area contributed by atoms with Crippen molar-refractivity contribution in [3.63, 3.8) is 0 Å². The molecule has 0 aliphatic carbocycles. The van der Waals surface area contributed by atoms with Crippen LogP contribution in [0.1, 0.15) is 25.3 Å². The van der Waals surface area contributed by atoms with Gasteiger partial charge in [-0.25, -0.2) is 4.79 Å². The van der Waals surface area contributed by atoms with Gasteiger partial charge in [-0.15, -0.1) is 0 Å². The lowest BCUT2D eigenvalue weighted by molar-refractivity contribution is -0.137. The zero-order valence-electron chi connectivity index (χ0n) is 10.3. The van der Waals surface area contributed by atoms with Crippen LogP contribution in [0.25, 0.3) is 0 Å². The van der Waals surface area contributed by atoms with Gasteiger partial charge in [0.1, 0.15) is 0 Å². The zero-order chi connectivity index (χ0) is 13.2. The minimum atomic E-state index is -0.353. The Morgan fingerprint density at radius 1 is 1.39 bits per heavy atom. The molecule has 0 radical (unpaired) electrons. The van der Waals surface area contributed by atoms with Crippen molar-refractivity contribution >= 4 is 17.6 Å². The number of hydrogen-bond acceptors (Lipinski definition) is 2. The third-order valence-corrected chi connectivity index (χ3v) is 2.36. The number of allylic oxidation sites excluding steroid dienone is 1. The molecule has 0 aromatic heterocycles. The molecule has 1 aromatic carbocycles. The van der Waals surface area contributed by atoms with Crippen molar-refractivity contribution in [1.82, 2.24) is 0 Å². The van der Waals surface area contributed by atoms with Crippen LogP contribution in [-0.2, 0) is 9.53 Å². The van der Waals surface area contributed by atoms with Gasteiger partial charge in [0.25, 0.3) is 0 Å². The molecule has 0 heterocycles. The van der Waals surface area contributed by atoms with Gasteiger partial charge in [-0.2, -0.15) is 0 Å². The highest BCUT2D eigenvalue weighted by Crippen LogP contribution is 2.08. The molecule has 0 aliphatic rings. The molecule has 0 N–H and O–H groups in total. The first kappa shape index (κ1) is 14.3. The minimum Gasteiger partial charge on any atom is -0.463 e. The monoisotopic (exact) mass is 262 g/mol. The number of ether oxygens (including phenoxy) is 1. The SMILES string of the molecule is CCCCOC(=O)/C=C/C#Cc1ccc(Cl)cc1. The van der Waals surface area contributed by atoms with Crippen LogP contribution in [0.5, 0.6) is 0 Å². The Kier molecular flexibility index (Phi) is 6.68. The molecule has 0 atom stereocenters. The summed E-state index contributed by atoms with van der Waals surface area (Å²) in [5.74, 6) is 5.31. The van der Waals surface area contributed by atoms with Crippen LogP contribution in [0.2, 0.25) is 5.02 Å². The molecule has 0 spiro atoms. The van der Waals surface area contributed by atoms with Gasteiger partial charge in [0.05, 0.1) is 6.61 Å². The summed E-state index contributed by atoms with van der Waals surface area (Å²) in [5.41, 5.74) is 0.850. The Morgan fingerprint density at radius 2 is 2.11 bits per heavy atom. The summed E-state index contributed by atoms with van der Waals surface area (Å²) in [6.45, 7) is 2.51. The fraction of sp³-hybridized carbons (Fsp3) is 0.267. The second-order valence-electron chi connectivity index (χ2n) is 3.63. The summed E-state index contributed by atoms with van der Waals surface area (Å²) in [6, 6.07) is 7.19. The molecule has 94 valence electrons. The average molecular weight is 263 g/mol. The molecule has 3 heteroatoms. The quantitative estimate of drug-likeness (QED) is 0.359. The van der Waals surface area contributed by atoms with Crippen molar-refractivity contribution in [2.45, 2.75) is 19.8 Å². The molecule has 0 aliphatic heterocycles. The van der Waals surface area contributed by atoms with Gasteiger partial charge >= 0.3 is 5.97 Å². The molecule has 18 heavy (non-hydrogen) atoms. The molecule has 0 unspecified atom stereocenters. The molecule has 0 fully saturated rings. The highest BCUT2D eigenvalue weighted by atomic mass is 35.5. The standard InChI is InChI=1S/C15H15ClO2/c1-2-3-12-18-15(17)7-5-4-6-13-8-10-14(16)11-9-13/h5,7-11H,2-3,12H2,1H3/b7-5+. The highest BCUT2D eigenvalue weighted by Gasteiger charge is 1.93. The largest absolute Gasteiger partial charge is 0.463 e. The maximum Gasteiger partial charge on any atom is 0.331 e. The van der Waals surface area contributed by atoms with Gasteiger partial charge in [0.15, 0.2) is 0 Å². The average Bonchev–Trinajstić information content (AvgIpc) is 2.37. The van der Waals surface area contributed by atoms with Crippen molar-refractivity contribution in [2.75, 3.05) is 6.61 Å². The maximum atomic E-state index is 11.2. The van der Waals surface area contributed by atoms with Crippen LogP contribution >= 0.6 is 11.6 Å². The summed E-state index contributed by atoms with van der Waals surface area (Å²) in [5, 5.41) is 0.676. The Morgan fingerprint density at radius 3 is 2.78 bits per heavy atom. The number of carbonyl (C=O) groups excluding carboxylic acids is 1. The van der Waals surface area contributed by atoms with E-state index in [4.69, 9.17) is 16.3 Å². The molecule has 1 aromatic rings. The van der Waals surface area contributed by atoms with Crippen molar-refractivity contribution in [1.29, 1.82) is 0 Å². The van der Waals surface area contributed by atoms with E-state index in [0.29, 0.717) is 11.6 Å². The van der Waals surface area contributed by atoms with Crippen LogP contribution in [-0.4, -0.2) is 12.6 Å². The molecule has 0 bridgehead atoms. The fourth-order valence-electron chi connectivity index (χ4n) is 1.13. The fourth-order valence-corrected chi connectivity index (χ4v) is 1.26. The van der Waals surface area contributed by atoms with Gasteiger partial charge in [-0.1, -0.05) is 36.8 Å². The van der Waals surface area contributed by atoms with Crippen molar-refractivity contribution in [3.05, 3.63) is 47.0 Å². The highest BCUT2D eigenvalue weighted by molar-refractivity contribution is 6.30. The summed E-state index contributed by atoms with van der Waals surface area (Å²) in [4.78, 5) is 11.2. The lowest BCUT2D eigenvalue weighted by Crippen LogP contribution is -2.01. The number of carbonyl (C=O) groups is 1. The number of hydrogen-bond donors (Lipinski definition) is 0. The first-order valence-electron chi connectivity index (χ1n) is 5.83. The molecule has 0 saturated carbocycles. The lowest BCUT2D eigenvalue weighted by Gasteiger charge is -1.97. The van der Waals surface area contributed by atoms with E-state index in [1.54, 1.807) is 12.1 Å². The molecule has 0 amide bonds. The topological polar surface area (TPSA) is 26.3 Å². The second kappa shape index (κ2) is 8.38. The van der Waals surface area contributed by atoms with Gasteiger partial charge in [-0.05, 0) is 36.8 Å². The Balaban J connectivity index is 2.40. The number of rotatable bonds is 4.